The van der Waals surface area contributed by atoms with E-state index in [0.29, 0.717) is 18.2 Å². The molecule has 2 heterocycles. The second-order valence-electron chi connectivity index (χ2n) is 8.52. The molecule has 2 aromatic carbocycles. The molecule has 4 rings (SSSR count). The number of carbonyl (C=O) groups excluding carboxylic acids is 1. The van der Waals surface area contributed by atoms with Crippen LogP contribution in [-0.4, -0.2) is 57.5 Å². The van der Waals surface area contributed by atoms with Crippen molar-refractivity contribution in [3.63, 3.8) is 0 Å². The van der Waals surface area contributed by atoms with Crippen molar-refractivity contribution in [3.05, 3.63) is 65.2 Å². The molecule has 6 heteroatoms. The molecule has 1 atom stereocenters. The smallest absolute Gasteiger partial charge is 0.253 e. The molecule has 0 unspecified atom stereocenters. The molecule has 1 saturated heterocycles. The van der Waals surface area contributed by atoms with Crippen molar-refractivity contribution in [3.8, 4) is 0 Å². The number of aryl methyl sites for hydroxylation is 1. The number of rotatable bonds is 5. The lowest BCUT2D eigenvalue weighted by atomic mass is 10.1. The van der Waals surface area contributed by atoms with E-state index < -0.39 is 0 Å². The average Bonchev–Trinajstić information content (AvgIpc) is 3.33. The largest absolute Gasteiger partial charge is 0.337 e. The molecule has 1 fully saturated rings. The number of hydrogen-bond acceptors (Lipinski definition) is 3. The molecule has 0 N–H and O–H groups in total. The van der Waals surface area contributed by atoms with Crippen LogP contribution in [0.4, 0.5) is 4.39 Å². The number of benzene rings is 2. The van der Waals surface area contributed by atoms with Gasteiger partial charge in [0, 0.05) is 44.3 Å². The molecule has 0 aliphatic carbocycles. The topological polar surface area (TPSA) is 41.4 Å². The third-order valence-electron chi connectivity index (χ3n) is 6.24. The lowest BCUT2D eigenvalue weighted by Crippen LogP contribution is -2.40. The molecule has 5 nitrogen and oxygen atoms in total. The van der Waals surface area contributed by atoms with Gasteiger partial charge in [-0.2, -0.15) is 0 Å². The van der Waals surface area contributed by atoms with Gasteiger partial charge in [0.1, 0.15) is 11.6 Å². The van der Waals surface area contributed by atoms with E-state index in [0.717, 1.165) is 41.9 Å². The SMILES string of the molecule is Cc1nc2ccc(F)cc2n1Cc1ccc(C(=O)N(C)[C@@H]2CCN(C(C)C)C2)cc1. The van der Waals surface area contributed by atoms with Crippen molar-refractivity contribution in [2.24, 2.45) is 0 Å². The van der Waals surface area contributed by atoms with Gasteiger partial charge in [-0.3, -0.25) is 9.69 Å². The first kappa shape index (κ1) is 20.5. The number of imidazole rings is 1. The summed E-state index contributed by atoms with van der Waals surface area (Å²) in [6.07, 6.45) is 1.02. The van der Waals surface area contributed by atoms with Crippen LogP contribution >= 0.6 is 0 Å². The summed E-state index contributed by atoms with van der Waals surface area (Å²) in [5, 5.41) is 0. The van der Waals surface area contributed by atoms with Crippen LogP contribution in [0.1, 0.15) is 42.0 Å². The highest BCUT2D eigenvalue weighted by Gasteiger charge is 2.29. The van der Waals surface area contributed by atoms with Crippen LogP contribution in [0.2, 0.25) is 0 Å². The van der Waals surface area contributed by atoms with Gasteiger partial charge in [0.25, 0.3) is 5.91 Å². The van der Waals surface area contributed by atoms with E-state index in [1.165, 1.54) is 12.1 Å². The molecule has 1 aromatic heterocycles. The van der Waals surface area contributed by atoms with Crippen LogP contribution in [0.3, 0.4) is 0 Å². The Hall–Kier alpha value is -2.73. The molecule has 1 aliphatic rings. The first-order valence-electron chi connectivity index (χ1n) is 10.6. The zero-order valence-electron chi connectivity index (χ0n) is 18.1. The standard InChI is InChI=1S/C24H29FN4O/c1-16(2)28-12-11-21(15-28)27(4)24(30)19-7-5-18(6-8-19)14-29-17(3)26-22-10-9-20(25)13-23(22)29/h5-10,13,16,21H,11-12,14-15H2,1-4H3/t21-/m1/s1. The second-order valence-corrected chi connectivity index (χ2v) is 8.52. The number of likely N-dealkylation sites (tertiary alicyclic amines) is 1. The number of fused-ring (bicyclic) bond motifs is 1. The Balaban J connectivity index is 1.48. The van der Waals surface area contributed by atoms with Crippen LogP contribution in [0.25, 0.3) is 11.0 Å². The van der Waals surface area contributed by atoms with E-state index in [1.807, 2.05) is 47.7 Å². The summed E-state index contributed by atoms with van der Waals surface area (Å²) in [5.41, 5.74) is 3.31. The molecule has 0 bridgehead atoms. The second kappa shape index (κ2) is 8.19. The molecule has 3 aromatic rings. The third kappa shape index (κ3) is 3.97. The average molecular weight is 409 g/mol. The molecule has 30 heavy (non-hydrogen) atoms. The van der Waals surface area contributed by atoms with Gasteiger partial charge in [0.05, 0.1) is 11.0 Å². The molecule has 158 valence electrons. The first-order chi connectivity index (χ1) is 14.3. The lowest BCUT2D eigenvalue weighted by molar-refractivity contribution is 0.0732. The number of likely N-dealkylation sites (N-methyl/N-ethyl adjacent to an activating group) is 1. The maximum Gasteiger partial charge on any atom is 0.253 e. The van der Waals surface area contributed by atoms with Crippen molar-refractivity contribution in [2.45, 2.75) is 45.8 Å². The molecule has 0 saturated carbocycles. The van der Waals surface area contributed by atoms with Crippen molar-refractivity contribution in [1.82, 2.24) is 19.4 Å². The third-order valence-corrected chi connectivity index (χ3v) is 6.24. The van der Waals surface area contributed by atoms with E-state index >= 15 is 0 Å². The van der Waals surface area contributed by atoms with Gasteiger partial charge in [-0.1, -0.05) is 12.1 Å². The molecule has 1 amide bonds. The zero-order valence-corrected chi connectivity index (χ0v) is 18.1. The van der Waals surface area contributed by atoms with Crippen molar-refractivity contribution >= 4 is 16.9 Å². The van der Waals surface area contributed by atoms with E-state index in [4.69, 9.17) is 0 Å². The molecular weight excluding hydrogens is 379 g/mol. The molecule has 0 spiro atoms. The van der Waals surface area contributed by atoms with Gasteiger partial charge < -0.3 is 9.47 Å². The van der Waals surface area contributed by atoms with Crippen LogP contribution in [-0.2, 0) is 6.54 Å². The fourth-order valence-corrected chi connectivity index (χ4v) is 4.27. The molecule has 0 radical (unpaired) electrons. The van der Waals surface area contributed by atoms with Gasteiger partial charge in [0.2, 0.25) is 0 Å². The summed E-state index contributed by atoms with van der Waals surface area (Å²) in [6.45, 7) is 8.87. The minimum Gasteiger partial charge on any atom is -0.337 e. The number of nitrogens with zero attached hydrogens (tertiary/aromatic N) is 4. The van der Waals surface area contributed by atoms with Crippen molar-refractivity contribution < 1.29 is 9.18 Å². The minimum atomic E-state index is -0.268. The summed E-state index contributed by atoms with van der Waals surface area (Å²) in [4.78, 5) is 21.8. The van der Waals surface area contributed by atoms with Gasteiger partial charge in [-0.15, -0.1) is 0 Å². The van der Waals surface area contributed by atoms with Crippen LogP contribution in [0.5, 0.6) is 0 Å². The summed E-state index contributed by atoms with van der Waals surface area (Å²) >= 11 is 0. The Labute approximate surface area is 177 Å². The maximum absolute atomic E-state index is 13.7. The fraction of sp³-hybridized carbons (Fsp3) is 0.417. The predicted octanol–water partition coefficient (Wildman–Crippen LogP) is 4.09. The van der Waals surface area contributed by atoms with E-state index in [2.05, 4.69) is 23.7 Å². The normalized spacial score (nSPS) is 17.2. The predicted molar refractivity (Wildman–Crippen MR) is 117 cm³/mol. The van der Waals surface area contributed by atoms with Gasteiger partial charge in [-0.25, -0.2) is 9.37 Å². The zero-order chi connectivity index (χ0) is 21.4. The van der Waals surface area contributed by atoms with Gasteiger partial charge >= 0.3 is 0 Å². The molecule has 1 aliphatic heterocycles. The highest BCUT2D eigenvalue weighted by molar-refractivity contribution is 5.94. The summed E-state index contributed by atoms with van der Waals surface area (Å²) in [7, 11) is 1.90. The first-order valence-corrected chi connectivity index (χ1v) is 10.6. The number of hydrogen-bond donors (Lipinski definition) is 0. The monoisotopic (exact) mass is 408 g/mol. The van der Waals surface area contributed by atoms with E-state index in [1.54, 1.807) is 6.07 Å². The van der Waals surface area contributed by atoms with Crippen molar-refractivity contribution in [2.75, 3.05) is 20.1 Å². The van der Waals surface area contributed by atoms with E-state index in [-0.39, 0.29) is 17.8 Å². The molecular formula is C24H29FN4O. The summed E-state index contributed by atoms with van der Waals surface area (Å²) in [5.74, 6) is 0.630. The Morgan fingerprint density at radius 3 is 2.63 bits per heavy atom. The number of amides is 1. The summed E-state index contributed by atoms with van der Waals surface area (Å²) in [6, 6.07) is 13.1. The minimum absolute atomic E-state index is 0.0588. The fourth-order valence-electron chi connectivity index (χ4n) is 4.27. The van der Waals surface area contributed by atoms with E-state index in [9.17, 15) is 9.18 Å². The lowest BCUT2D eigenvalue weighted by Gasteiger charge is -2.26. The Kier molecular flexibility index (Phi) is 5.60. The van der Waals surface area contributed by atoms with Crippen LogP contribution in [0.15, 0.2) is 42.5 Å². The van der Waals surface area contributed by atoms with Crippen LogP contribution in [0, 0.1) is 12.7 Å². The number of halogens is 1. The van der Waals surface area contributed by atoms with Crippen molar-refractivity contribution in [1.29, 1.82) is 0 Å². The Bertz CT molecular complexity index is 1060. The maximum atomic E-state index is 13.7. The highest BCUT2D eigenvalue weighted by Crippen LogP contribution is 2.21. The number of aromatic nitrogens is 2. The Morgan fingerprint density at radius 2 is 1.97 bits per heavy atom. The summed E-state index contributed by atoms with van der Waals surface area (Å²) < 4.78 is 15.7. The van der Waals surface area contributed by atoms with Crippen LogP contribution < -0.4 is 0 Å². The van der Waals surface area contributed by atoms with Gasteiger partial charge in [0.15, 0.2) is 0 Å². The number of carbonyl (C=O) groups is 1. The Morgan fingerprint density at radius 1 is 1.23 bits per heavy atom. The quantitative estimate of drug-likeness (QED) is 0.639. The van der Waals surface area contributed by atoms with Gasteiger partial charge in [-0.05, 0) is 63.1 Å². The highest BCUT2D eigenvalue weighted by atomic mass is 19.1.